The normalized spacial score (nSPS) is 18.7. The van der Waals surface area contributed by atoms with Crippen molar-refractivity contribution in [2.75, 3.05) is 13.2 Å². The molecule has 7 heteroatoms. The highest BCUT2D eigenvalue weighted by Gasteiger charge is 2.42. The summed E-state index contributed by atoms with van der Waals surface area (Å²) in [5, 5.41) is 7.27. The number of ether oxygens (including phenoxy) is 2. The topological polar surface area (TPSA) is 68.8 Å². The third-order valence-electron chi connectivity index (χ3n) is 8.17. The smallest absolute Gasteiger partial charge is 0.220 e. The Labute approximate surface area is 251 Å². The van der Waals surface area contributed by atoms with Crippen LogP contribution < -0.4 is 15.4 Å². The third kappa shape index (κ3) is 11.0. The summed E-state index contributed by atoms with van der Waals surface area (Å²) in [4.78, 5) is 13.0. The highest BCUT2D eigenvalue weighted by Crippen LogP contribution is 2.43. The Morgan fingerprint density at radius 2 is 1.83 bits per heavy atom. The minimum atomic E-state index is -2.13. The SMILES string of the molecule is C=CCCCC(=O)N[C@@H](CC(C)C)[C@H](CN[C@H]1C[C@@H](OCC=C)c2ccc(OC(C)C)cc21)O[Si](C)(C)C(C)(C)C. The first kappa shape index (κ1) is 35.3. The molecule has 0 saturated carbocycles. The molecule has 1 aliphatic rings. The summed E-state index contributed by atoms with van der Waals surface area (Å²) in [5.74, 6) is 1.37. The van der Waals surface area contributed by atoms with Gasteiger partial charge in [-0.1, -0.05) is 52.8 Å². The van der Waals surface area contributed by atoms with E-state index < -0.39 is 8.32 Å². The first-order valence-corrected chi connectivity index (χ1v) is 18.4. The van der Waals surface area contributed by atoms with Crippen LogP contribution in [-0.2, 0) is 14.0 Å². The van der Waals surface area contributed by atoms with Crippen LogP contribution in [0.2, 0.25) is 18.1 Å². The number of nitrogens with one attached hydrogen (secondary N) is 2. The average molecular weight is 587 g/mol. The number of carbonyl (C=O) groups excluding carboxylic acids is 1. The lowest BCUT2D eigenvalue weighted by atomic mass is 9.98. The molecule has 1 aromatic carbocycles. The van der Waals surface area contributed by atoms with Crippen LogP contribution in [0.15, 0.2) is 43.5 Å². The first-order valence-electron chi connectivity index (χ1n) is 15.5. The van der Waals surface area contributed by atoms with E-state index in [1.165, 1.54) is 11.1 Å². The largest absolute Gasteiger partial charge is 0.491 e. The van der Waals surface area contributed by atoms with Gasteiger partial charge < -0.3 is 24.5 Å². The second-order valence-electron chi connectivity index (χ2n) is 13.7. The van der Waals surface area contributed by atoms with E-state index in [-0.39, 0.29) is 41.3 Å². The molecule has 0 fully saturated rings. The lowest BCUT2D eigenvalue weighted by molar-refractivity contribution is -0.122. The van der Waals surface area contributed by atoms with Crippen LogP contribution in [0, 0.1) is 5.92 Å². The van der Waals surface area contributed by atoms with Gasteiger partial charge >= 0.3 is 0 Å². The summed E-state index contributed by atoms with van der Waals surface area (Å²) < 4.78 is 19.3. The Hall–Kier alpha value is -1.93. The van der Waals surface area contributed by atoms with Crippen molar-refractivity contribution in [3.05, 3.63) is 54.6 Å². The van der Waals surface area contributed by atoms with Crippen molar-refractivity contribution in [3.8, 4) is 5.75 Å². The number of allylic oxidation sites excluding steroid dienone is 1. The summed E-state index contributed by atoms with van der Waals surface area (Å²) in [6, 6.07) is 6.33. The number of carbonyl (C=O) groups is 1. The van der Waals surface area contributed by atoms with Crippen molar-refractivity contribution in [2.45, 2.75) is 129 Å². The zero-order valence-corrected chi connectivity index (χ0v) is 28.3. The Morgan fingerprint density at radius 1 is 1.12 bits per heavy atom. The molecule has 1 amide bonds. The molecule has 4 atom stereocenters. The van der Waals surface area contributed by atoms with Crippen molar-refractivity contribution in [1.82, 2.24) is 10.6 Å². The molecule has 2 N–H and O–H groups in total. The van der Waals surface area contributed by atoms with Crippen LogP contribution in [0.4, 0.5) is 0 Å². The summed E-state index contributed by atoms with van der Waals surface area (Å²) >= 11 is 0. The Balaban J connectivity index is 2.36. The Morgan fingerprint density at radius 3 is 2.41 bits per heavy atom. The lowest BCUT2D eigenvalue weighted by Crippen LogP contribution is -2.55. The van der Waals surface area contributed by atoms with Gasteiger partial charge in [-0.3, -0.25) is 4.79 Å². The molecule has 0 spiro atoms. The standard InChI is InChI=1S/C34H58N2O4Si/c1-12-14-15-16-33(37)36-30(20-24(3)4)32(40-41(10,11)34(7,8)9)23-35-29-22-31(38-19-13-2)27-18-17-26(21-28(27)29)39-25(5)6/h12-13,17-18,21,24-25,29-32,35H,1-2,14-16,19-20,22-23H2,3-11H3,(H,36,37)/t29-,30-,31+,32-/m0/s1. The molecule has 1 aliphatic carbocycles. The van der Waals surface area contributed by atoms with Crippen molar-refractivity contribution >= 4 is 14.2 Å². The highest BCUT2D eigenvalue weighted by molar-refractivity contribution is 6.74. The molecule has 0 aromatic heterocycles. The third-order valence-corrected chi connectivity index (χ3v) is 12.7. The van der Waals surface area contributed by atoms with Gasteiger partial charge in [0.1, 0.15) is 5.75 Å². The van der Waals surface area contributed by atoms with Crippen molar-refractivity contribution in [3.63, 3.8) is 0 Å². The highest BCUT2D eigenvalue weighted by atomic mass is 28.4. The van der Waals surface area contributed by atoms with Crippen molar-refractivity contribution in [2.24, 2.45) is 5.92 Å². The maximum absolute atomic E-state index is 13.0. The number of hydrogen-bond acceptors (Lipinski definition) is 5. The van der Waals surface area contributed by atoms with E-state index in [9.17, 15) is 4.79 Å². The van der Waals surface area contributed by atoms with E-state index in [0.717, 1.165) is 31.4 Å². The van der Waals surface area contributed by atoms with E-state index in [1.807, 2.05) is 26.0 Å². The van der Waals surface area contributed by atoms with Gasteiger partial charge in [-0.25, -0.2) is 0 Å². The molecule has 2 rings (SSSR count). The summed E-state index contributed by atoms with van der Waals surface area (Å²) in [6.45, 7) is 28.6. The number of fused-ring (bicyclic) bond motifs is 1. The second-order valence-corrected chi connectivity index (χ2v) is 18.4. The van der Waals surface area contributed by atoms with Crippen molar-refractivity contribution < 1.29 is 18.7 Å². The zero-order chi connectivity index (χ0) is 30.8. The molecule has 1 aromatic rings. The van der Waals surface area contributed by atoms with Gasteiger partial charge in [-0.2, -0.15) is 0 Å². The van der Waals surface area contributed by atoms with Gasteiger partial charge in [0.25, 0.3) is 0 Å². The predicted molar refractivity (Wildman–Crippen MR) is 174 cm³/mol. The minimum absolute atomic E-state index is 0.00983. The summed E-state index contributed by atoms with van der Waals surface area (Å²) in [6.07, 6.45) is 7.42. The fourth-order valence-electron chi connectivity index (χ4n) is 5.07. The molecule has 41 heavy (non-hydrogen) atoms. The van der Waals surface area contributed by atoms with Crippen LogP contribution in [0.5, 0.6) is 5.75 Å². The van der Waals surface area contributed by atoms with Crippen LogP contribution in [0.3, 0.4) is 0 Å². The molecule has 0 unspecified atom stereocenters. The molecular formula is C34H58N2O4Si. The quantitative estimate of drug-likeness (QED) is 0.104. The molecule has 232 valence electrons. The molecule has 0 saturated heterocycles. The van der Waals surface area contributed by atoms with E-state index in [1.54, 1.807) is 6.08 Å². The number of hydrogen-bond donors (Lipinski definition) is 2. The molecule has 0 aliphatic heterocycles. The minimum Gasteiger partial charge on any atom is -0.491 e. The van der Waals surface area contributed by atoms with Crippen LogP contribution in [0.1, 0.15) is 104 Å². The molecule has 0 heterocycles. The molecule has 0 bridgehead atoms. The first-order chi connectivity index (χ1) is 19.2. The number of unbranched alkanes of at least 4 members (excludes halogenated alkanes) is 1. The maximum Gasteiger partial charge on any atom is 0.220 e. The lowest BCUT2D eigenvalue weighted by Gasteiger charge is -2.42. The summed E-state index contributed by atoms with van der Waals surface area (Å²) in [5.41, 5.74) is 2.40. The van der Waals surface area contributed by atoms with Gasteiger partial charge in [0.05, 0.1) is 31.0 Å². The Kier molecular flexibility index (Phi) is 13.8. The van der Waals surface area contributed by atoms with E-state index in [4.69, 9.17) is 13.9 Å². The van der Waals surface area contributed by atoms with Crippen LogP contribution in [0.25, 0.3) is 0 Å². The number of benzene rings is 1. The fraction of sp³-hybridized carbons (Fsp3) is 0.676. The monoisotopic (exact) mass is 586 g/mol. The zero-order valence-electron chi connectivity index (χ0n) is 27.3. The van der Waals surface area contributed by atoms with Crippen molar-refractivity contribution in [1.29, 1.82) is 0 Å². The van der Waals surface area contributed by atoms with Gasteiger partial charge in [0, 0.05) is 19.0 Å². The number of amides is 1. The van der Waals surface area contributed by atoms with Crippen LogP contribution >= 0.6 is 0 Å². The van der Waals surface area contributed by atoms with Gasteiger partial charge in [0.2, 0.25) is 5.91 Å². The van der Waals surface area contributed by atoms with E-state index in [0.29, 0.717) is 25.5 Å². The second kappa shape index (κ2) is 16.1. The fourth-order valence-corrected chi connectivity index (χ4v) is 6.43. The van der Waals surface area contributed by atoms with Gasteiger partial charge in [0.15, 0.2) is 8.32 Å². The Bertz CT molecular complexity index is 985. The van der Waals surface area contributed by atoms with Gasteiger partial charge in [-0.15, -0.1) is 13.2 Å². The van der Waals surface area contributed by atoms with E-state index >= 15 is 0 Å². The number of rotatable bonds is 18. The van der Waals surface area contributed by atoms with E-state index in [2.05, 4.69) is 83.6 Å². The van der Waals surface area contributed by atoms with Gasteiger partial charge in [-0.05, 0) is 86.8 Å². The maximum atomic E-state index is 13.0. The predicted octanol–water partition coefficient (Wildman–Crippen LogP) is 8.03. The summed E-state index contributed by atoms with van der Waals surface area (Å²) in [7, 11) is -2.13. The molecular weight excluding hydrogens is 528 g/mol. The molecule has 6 nitrogen and oxygen atoms in total. The van der Waals surface area contributed by atoms with Crippen LogP contribution in [-0.4, -0.2) is 45.6 Å². The molecule has 0 radical (unpaired) electrons. The average Bonchev–Trinajstić information content (AvgIpc) is 3.20.